The van der Waals surface area contributed by atoms with E-state index in [9.17, 15) is 9.59 Å². The highest BCUT2D eigenvalue weighted by Gasteiger charge is 2.35. The Labute approximate surface area is 175 Å². The van der Waals surface area contributed by atoms with Crippen molar-refractivity contribution in [2.45, 2.75) is 31.8 Å². The first kappa shape index (κ1) is 19.4. The molecule has 2 aromatic carbocycles. The zero-order chi connectivity index (χ0) is 20.2. The van der Waals surface area contributed by atoms with E-state index in [2.05, 4.69) is 41.7 Å². The van der Waals surface area contributed by atoms with Gasteiger partial charge in [0, 0.05) is 6.54 Å². The molecule has 2 heterocycles. The topological polar surface area (TPSA) is 49.4 Å². The highest BCUT2D eigenvalue weighted by Crippen LogP contribution is 2.25. The third kappa shape index (κ3) is 4.25. The number of amides is 2. The van der Waals surface area contributed by atoms with Crippen LogP contribution in [0.1, 0.15) is 41.0 Å². The number of thiophene rings is 1. The largest absolute Gasteiger partial charge is 0.348 e. The van der Waals surface area contributed by atoms with E-state index in [1.165, 1.54) is 16.9 Å². The van der Waals surface area contributed by atoms with E-state index in [1.54, 1.807) is 4.90 Å². The molecule has 0 aliphatic carbocycles. The Morgan fingerprint density at radius 1 is 1.00 bits per heavy atom. The number of carbonyl (C=O) groups excluding carboxylic acids is 2. The minimum Gasteiger partial charge on any atom is -0.348 e. The summed E-state index contributed by atoms with van der Waals surface area (Å²) in [4.78, 5) is 28.0. The summed E-state index contributed by atoms with van der Waals surface area (Å²) in [7, 11) is 0. The van der Waals surface area contributed by atoms with E-state index in [0.717, 1.165) is 17.5 Å². The minimum atomic E-state index is -0.393. The third-order valence-electron chi connectivity index (χ3n) is 5.42. The Hall–Kier alpha value is -2.92. The maximum absolute atomic E-state index is 12.9. The van der Waals surface area contributed by atoms with Crippen LogP contribution >= 0.6 is 11.3 Å². The van der Waals surface area contributed by atoms with Crippen LogP contribution in [-0.4, -0.2) is 29.3 Å². The maximum Gasteiger partial charge on any atom is 0.264 e. The second-order valence-corrected chi connectivity index (χ2v) is 8.30. The molecule has 1 aliphatic rings. The summed E-state index contributed by atoms with van der Waals surface area (Å²) in [6.07, 6.45) is 1.57. The van der Waals surface area contributed by atoms with Crippen molar-refractivity contribution in [2.24, 2.45) is 0 Å². The van der Waals surface area contributed by atoms with Crippen LogP contribution in [-0.2, 0) is 4.79 Å². The van der Waals surface area contributed by atoms with Crippen molar-refractivity contribution < 1.29 is 9.59 Å². The normalized spacial score (nSPS) is 17.1. The van der Waals surface area contributed by atoms with Gasteiger partial charge >= 0.3 is 0 Å². The molecule has 1 saturated heterocycles. The molecule has 0 bridgehead atoms. The Bertz CT molecular complexity index is 968. The smallest absolute Gasteiger partial charge is 0.264 e. The standard InChI is InChI=1S/C24H24N2O2S/c1-17(18-11-13-20(14-12-18)19-7-3-2-4-8-19)25-23(27)21-9-5-15-26(21)24(28)22-10-6-16-29-22/h2-4,6-8,10-14,16-17,21H,5,9,15H2,1H3,(H,25,27)/t17-,21+/m0/s1. The van der Waals surface area contributed by atoms with Crippen molar-refractivity contribution >= 4 is 23.2 Å². The second-order valence-electron chi connectivity index (χ2n) is 7.35. The number of nitrogens with zero attached hydrogens (tertiary/aromatic N) is 1. The third-order valence-corrected chi connectivity index (χ3v) is 6.28. The Kier molecular flexibility index (Phi) is 5.76. The van der Waals surface area contributed by atoms with Crippen molar-refractivity contribution in [1.29, 1.82) is 0 Å². The van der Waals surface area contributed by atoms with Gasteiger partial charge in [-0.15, -0.1) is 11.3 Å². The first-order chi connectivity index (χ1) is 14.1. The molecule has 1 fully saturated rings. The molecule has 4 nitrogen and oxygen atoms in total. The fourth-order valence-electron chi connectivity index (χ4n) is 3.81. The predicted molar refractivity (Wildman–Crippen MR) is 117 cm³/mol. The fourth-order valence-corrected chi connectivity index (χ4v) is 4.49. The molecule has 1 N–H and O–H groups in total. The lowest BCUT2D eigenvalue weighted by Gasteiger charge is -2.25. The Morgan fingerprint density at radius 3 is 2.41 bits per heavy atom. The summed E-state index contributed by atoms with van der Waals surface area (Å²) < 4.78 is 0. The minimum absolute atomic E-state index is 0.0440. The SMILES string of the molecule is C[C@H](NC(=O)[C@H]1CCCN1C(=O)c1cccs1)c1ccc(-c2ccccc2)cc1. The number of benzene rings is 2. The summed E-state index contributed by atoms with van der Waals surface area (Å²) in [5.74, 6) is -0.121. The lowest BCUT2D eigenvalue weighted by Crippen LogP contribution is -2.46. The van der Waals surface area contributed by atoms with Crippen LogP contribution in [0.4, 0.5) is 0 Å². The number of hydrogen-bond donors (Lipinski definition) is 1. The van der Waals surface area contributed by atoms with Gasteiger partial charge in [0.1, 0.15) is 6.04 Å². The lowest BCUT2D eigenvalue weighted by atomic mass is 10.0. The number of hydrogen-bond acceptors (Lipinski definition) is 3. The number of nitrogens with one attached hydrogen (secondary N) is 1. The molecular formula is C24H24N2O2S. The van der Waals surface area contributed by atoms with Gasteiger partial charge in [-0.25, -0.2) is 0 Å². The maximum atomic E-state index is 12.9. The van der Waals surface area contributed by atoms with E-state index >= 15 is 0 Å². The van der Waals surface area contributed by atoms with E-state index in [4.69, 9.17) is 0 Å². The lowest BCUT2D eigenvalue weighted by molar-refractivity contribution is -0.125. The highest BCUT2D eigenvalue weighted by atomic mass is 32.1. The van der Waals surface area contributed by atoms with E-state index in [0.29, 0.717) is 17.8 Å². The molecule has 0 spiro atoms. The van der Waals surface area contributed by atoms with E-state index < -0.39 is 6.04 Å². The Morgan fingerprint density at radius 2 is 1.72 bits per heavy atom. The molecule has 2 atom stereocenters. The second kappa shape index (κ2) is 8.62. The van der Waals surface area contributed by atoms with Crippen LogP contribution in [0.25, 0.3) is 11.1 Å². The molecule has 2 amide bonds. The molecule has 5 heteroatoms. The molecule has 29 heavy (non-hydrogen) atoms. The van der Waals surface area contributed by atoms with Crippen LogP contribution < -0.4 is 5.32 Å². The fraction of sp³-hybridized carbons (Fsp3) is 0.250. The summed E-state index contributed by atoms with van der Waals surface area (Å²) >= 11 is 1.42. The molecule has 3 aromatic rings. The van der Waals surface area contributed by atoms with Gasteiger partial charge in [0.05, 0.1) is 10.9 Å². The van der Waals surface area contributed by atoms with Gasteiger partial charge in [-0.05, 0) is 47.9 Å². The van der Waals surface area contributed by atoms with Crippen molar-refractivity contribution in [3.8, 4) is 11.1 Å². The first-order valence-corrected chi connectivity index (χ1v) is 10.8. The molecule has 4 rings (SSSR count). The number of likely N-dealkylation sites (tertiary alicyclic amines) is 1. The van der Waals surface area contributed by atoms with Gasteiger partial charge in [0.15, 0.2) is 0 Å². The van der Waals surface area contributed by atoms with E-state index in [1.807, 2.05) is 42.6 Å². The highest BCUT2D eigenvalue weighted by molar-refractivity contribution is 7.12. The van der Waals surface area contributed by atoms with Crippen molar-refractivity contribution in [1.82, 2.24) is 10.2 Å². The van der Waals surface area contributed by atoms with Crippen LogP contribution in [0, 0.1) is 0 Å². The number of carbonyl (C=O) groups is 2. The molecule has 1 aromatic heterocycles. The average Bonchev–Trinajstić information content (AvgIpc) is 3.46. The summed E-state index contributed by atoms with van der Waals surface area (Å²) in [5.41, 5.74) is 3.37. The van der Waals surface area contributed by atoms with Crippen LogP contribution in [0.15, 0.2) is 72.1 Å². The molecule has 1 aliphatic heterocycles. The summed E-state index contributed by atoms with van der Waals surface area (Å²) in [6, 6.07) is 21.7. The van der Waals surface area contributed by atoms with Crippen molar-refractivity contribution in [3.63, 3.8) is 0 Å². The van der Waals surface area contributed by atoms with Gasteiger partial charge in [0.2, 0.25) is 5.91 Å². The Balaban J connectivity index is 1.42. The zero-order valence-corrected chi connectivity index (χ0v) is 17.2. The molecular weight excluding hydrogens is 380 g/mol. The van der Waals surface area contributed by atoms with Gasteiger partial charge in [-0.1, -0.05) is 60.7 Å². The summed E-state index contributed by atoms with van der Waals surface area (Å²) in [6.45, 7) is 2.62. The average molecular weight is 405 g/mol. The zero-order valence-electron chi connectivity index (χ0n) is 16.4. The van der Waals surface area contributed by atoms with Crippen molar-refractivity contribution in [3.05, 3.63) is 82.6 Å². The molecule has 148 valence electrons. The van der Waals surface area contributed by atoms with Crippen LogP contribution in [0.2, 0.25) is 0 Å². The van der Waals surface area contributed by atoms with Crippen LogP contribution in [0.3, 0.4) is 0 Å². The van der Waals surface area contributed by atoms with Gasteiger partial charge in [0.25, 0.3) is 5.91 Å². The van der Waals surface area contributed by atoms with Gasteiger partial charge in [-0.3, -0.25) is 9.59 Å². The predicted octanol–water partition coefficient (Wildman–Crippen LogP) is 4.90. The van der Waals surface area contributed by atoms with Crippen molar-refractivity contribution in [2.75, 3.05) is 6.54 Å². The monoisotopic (exact) mass is 404 g/mol. The van der Waals surface area contributed by atoms with Crippen LogP contribution in [0.5, 0.6) is 0 Å². The molecule has 0 unspecified atom stereocenters. The first-order valence-electron chi connectivity index (χ1n) is 9.94. The van der Waals surface area contributed by atoms with Gasteiger partial charge < -0.3 is 10.2 Å². The van der Waals surface area contributed by atoms with Gasteiger partial charge in [-0.2, -0.15) is 0 Å². The molecule has 0 radical (unpaired) electrons. The number of rotatable bonds is 5. The van der Waals surface area contributed by atoms with E-state index in [-0.39, 0.29) is 17.9 Å². The molecule has 0 saturated carbocycles. The quantitative estimate of drug-likeness (QED) is 0.658. The summed E-state index contributed by atoms with van der Waals surface area (Å²) in [5, 5.41) is 4.99.